The van der Waals surface area contributed by atoms with Crippen molar-refractivity contribution in [3.63, 3.8) is 0 Å². The minimum atomic E-state index is -0.686. The monoisotopic (exact) mass is 435 g/mol. The van der Waals surface area contributed by atoms with Crippen molar-refractivity contribution in [1.29, 1.82) is 0 Å². The third-order valence-electron chi connectivity index (χ3n) is 6.00. The summed E-state index contributed by atoms with van der Waals surface area (Å²) in [6.45, 7) is 7.81. The minimum absolute atomic E-state index is 0.230. The van der Waals surface area contributed by atoms with E-state index in [4.69, 9.17) is 0 Å². The predicted octanol–water partition coefficient (Wildman–Crippen LogP) is 1.39. The molecule has 0 radical (unpaired) electrons. The second kappa shape index (κ2) is 9.50. The molecule has 0 spiro atoms. The Labute approximate surface area is 186 Å². The molecule has 1 aromatic heterocycles. The molecule has 1 fully saturated rings. The van der Waals surface area contributed by atoms with Gasteiger partial charge in [0.05, 0.1) is 11.0 Å². The van der Waals surface area contributed by atoms with Crippen LogP contribution in [-0.2, 0) is 19.6 Å². The summed E-state index contributed by atoms with van der Waals surface area (Å²) < 4.78 is 1.40. The number of aromatic amines is 1. The summed E-state index contributed by atoms with van der Waals surface area (Å²) in [6.07, 6.45) is 0. The molecule has 0 saturated carbocycles. The van der Waals surface area contributed by atoms with Crippen LogP contribution in [0.3, 0.4) is 0 Å². The van der Waals surface area contributed by atoms with Gasteiger partial charge in [0.2, 0.25) is 0 Å². The van der Waals surface area contributed by atoms with Gasteiger partial charge in [0.25, 0.3) is 5.91 Å². The predicted molar refractivity (Wildman–Crippen MR) is 125 cm³/mol. The van der Waals surface area contributed by atoms with Gasteiger partial charge in [-0.25, -0.2) is 0 Å². The lowest BCUT2D eigenvalue weighted by Gasteiger charge is -2.32. The third kappa shape index (κ3) is 4.81. The van der Waals surface area contributed by atoms with Crippen LogP contribution in [-0.4, -0.2) is 58.5 Å². The Morgan fingerprint density at radius 3 is 2.53 bits per heavy atom. The second-order valence-corrected chi connectivity index (χ2v) is 8.32. The summed E-state index contributed by atoms with van der Waals surface area (Å²) in [5.74, 6) is -0.230. The Morgan fingerprint density at radius 2 is 1.78 bits per heavy atom. The van der Waals surface area contributed by atoms with Crippen molar-refractivity contribution in [3.8, 4) is 0 Å². The fourth-order valence-corrected chi connectivity index (χ4v) is 4.12. The van der Waals surface area contributed by atoms with Crippen molar-refractivity contribution in [1.82, 2.24) is 24.7 Å². The lowest BCUT2D eigenvalue weighted by Crippen LogP contribution is -2.43. The molecule has 0 bridgehead atoms. The van der Waals surface area contributed by atoms with Gasteiger partial charge in [-0.15, -0.1) is 0 Å². The molecule has 8 nitrogen and oxygen atoms in total. The van der Waals surface area contributed by atoms with Gasteiger partial charge in [-0.05, 0) is 43.3 Å². The van der Waals surface area contributed by atoms with Crippen LogP contribution in [0.2, 0.25) is 0 Å². The Kier molecular flexibility index (Phi) is 6.53. The number of carbonyl (C=O) groups is 1. The molecule has 2 heterocycles. The smallest absolute Gasteiger partial charge is 0.316 e. The lowest BCUT2D eigenvalue weighted by molar-refractivity contribution is 0.0951. The first-order chi connectivity index (χ1) is 15.4. The van der Waals surface area contributed by atoms with Gasteiger partial charge in [0.1, 0.15) is 0 Å². The van der Waals surface area contributed by atoms with Crippen LogP contribution in [0.15, 0.2) is 52.1 Å². The van der Waals surface area contributed by atoms with Crippen LogP contribution in [0, 0.1) is 0 Å². The number of aryl methyl sites for hydroxylation is 1. The van der Waals surface area contributed by atoms with Gasteiger partial charge >= 0.3 is 11.1 Å². The highest BCUT2D eigenvalue weighted by molar-refractivity contribution is 5.97. The van der Waals surface area contributed by atoms with Crippen molar-refractivity contribution in [3.05, 3.63) is 79.9 Å². The zero-order valence-corrected chi connectivity index (χ0v) is 18.6. The molecule has 168 valence electrons. The molecule has 4 rings (SSSR count). The van der Waals surface area contributed by atoms with E-state index in [0.29, 0.717) is 29.7 Å². The second-order valence-electron chi connectivity index (χ2n) is 8.32. The zero-order valence-electron chi connectivity index (χ0n) is 18.6. The van der Waals surface area contributed by atoms with Crippen LogP contribution in [0.1, 0.15) is 28.4 Å². The molecule has 0 atom stereocenters. The summed E-state index contributed by atoms with van der Waals surface area (Å²) in [7, 11) is 2.15. The molecule has 1 saturated heterocycles. The quantitative estimate of drug-likeness (QED) is 0.571. The number of piperazine rings is 1. The number of rotatable bonds is 6. The van der Waals surface area contributed by atoms with Gasteiger partial charge < -0.3 is 19.8 Å². The fraction of sp³-hybridized carbons (Fsp3) is 0.375. The van der Waals surface area contributed by atoms with E-state index in [2.05, 4.69) is 39.3 Å². The van der Waals surface area contributed by atoms with Gasteiger partial charge in [-0.1, -0.05) is 24.3 Å². The molecular weight excluding hydrogens is 406 g/mol. The van der Waals surface area contributed by atoms with Crippen LogP contribution in [0.25, 0.3) is 11.0 Å². The molecule has 2 N–H and O–H groups in total. The number of likely N-dealkylation sites (N-methyl/N-ethyl adjacent to an activating group) is 1. The van der Waals surface area contributed by atoms with E-state index in [-0.39, 0.29) is 5.91 Å². The van der Waals surface area contributed by atoms with Crippen LogP contribution in [0.4, 0.5) is 0 Å². The van der Waals surface area contributed by atoms with Crippen molar-refractivity contribution in [2.24, 2.45) is 0 Å². The normalized spacial score (nSPS) is 15.2. The molecule has 2 aromatic carbocycles. The average molecular weight is 436 g/mol. The van der Waals surface area contributed by atoms with E-state index >= 15 is 0 Å². The van der Waals surface area contributed by atoms with Crippen molar-refractivity contribution in [2.45, 2.75) is 26.6 Å². The Morgan fingerprint density at radius 1 is 1.03 bits per heavy atom. The van der Waals surface area contributed by atoms with Gasteiger partial charge in [-0.3, -0.25) is 19.3 Å². The number of fused-ring (bicyclic) bond motifs is 1. The number of hydrogen-bond donors (Lipinski definition) is 2. The topological polar surface area (TPSA) is 90.4 Å². The molecule has 32 heavy (non-hydrogen) atoms. The summed E-state index contributed by atoms with van der Waals surface area (Å²) in [5, 5.41) is 2.95. The Balaban J connectivity index is 1.43. The summed E-state index contributed by atoms with van der Waals surface area (Å²) in [6, 6.07) is 13.3. The number of nitrogens with zero attached hydrogens (tertiary/aromatic N) is 3. The zero-order chi connectivity index (χ0) is 22.7. The number of nitrogens with one attached hydrogen (secondary N) is 2. The van der Waals surface area contributed by atoms with Crippen LogP contribution >= 0.6 is 0 Å². The van der Waals surface area contributed by atoms with E-state index in [1.807, 2.05) is 12.1 Å². The SMILES string of the molecule is CCn1c(=O)c(=O)[nH]c2cc(C(=O)NCc3cccc(CN4CCN(C)CC4)c3)ccc21. The Bertz CT molecular complexity index is 1240. The molecule has 0 unspecified atom stereocenters. The summed E-state index contributed by atoms with van der Waals surface area (Å²) in [4.78, 5) is 44.0. The molecule has 1 amide bonds. The highest BCUT2D eigenvalue weighted by atomic mass is 16.2. The van der Waals surface area contributed by atoms with Gasteiger partial charge in [0, 0.05) is 51.4 Å². The minimum Gasteiger partial charge on any atom is -0.348 e. The molecular formula is C24H29N5O3. The van der Waals surface area contributed by atoms with E-state index in [0.717, 1.165) is 38.3 Å². The first-order valence-electron chi connectivity index (χ1n) is 11.0. The van der Waals surface area contributed by atoms with Crippen molar-refractivity contribution < 1.29 is 4.79 Å². The van der Waals surface area contributed by atoms with Crippen molar-refractivity contribution >= 4 is 16.9 Å². The maximum absolute atomic E-state index is 12.7. The Hall–Kier alpha value is -3.23. The average Bonchev–Trinajstić information content (AvgIpc) is 2.80. The van der Waals surface area contributed by atoms with Crippen molar-refractivity contribution in [2.75, 3.05) is 33.2 Å². The molecule has 8 heteroatoms. The number of aromatic nitrogens is 2. The highest BCUT2D eigenvalue weighted by Gasteiger charge is 2.14. The fourth-order valence-electron chi connectivity index (χ4n) is 4.12. The first-order valence-corrected chi connectivity index (χ1v) is 11.0. The van der Waals surface area contributed by atoms with E-state index < -0.39 is 11.1 Å². The third-order valence-corrected chi connectivity index (χ3v) is 6.00. The number of benzene rings is 2. The van der Waals surface area contributed by atoms with Crippen LogP contribution < -0.4 is 16.4 Å². The van der Waals surface area contributed by atoms with Crippen LogP contribution in [0.5, 0.6) is 0 Å². The van der Waals surface area contributed by atoms with E-state index in [1.54, 1.807) is 25.1 Å². The standard InChI is InChI=1S/C24H29N5O3/c1-3-29-21-8-7-19(14-20(21)26-23(31)24(29)32)22(30)25-15-17-5-4-6-18(13-17)16-28-11-9-27(2)10-12-28/h4-8,13-14H,3,9-12,15-16H2,1-2H3,(H,25,30)(H,26,31). The summed E-state index contributed by atoms with van der Waals surface area (Å²) >= 11 is 0. The van der Waals surface area contributed by atoms with Gasteiger partial charge in [0.15, 0.2) is 0 Å². The van der Waals surface area contributed by atoms with E-state index in [9.17, 15) is 14.4 Å². The maximum Gasteiger partial charge on any atom is 0.316 e. The summed E-state index contributed by atoms with van der Waals surface area (Å²) in [5.41, 5.74) is 2.51. The molecule has 1 aliphatic rings. The number of carbonyl (C=O) groups excluding carboxylic acids is 1. The number of hydrogen-bond acceptors (Lipinski definition) is 5. The molecule has 0 aliphatic carbocycles. The molecule has 1 aliphatic heterocycles. The maximum atomic E-state index is 12.7. The number of amides is 1. The van der Waals surface area contributed by atoms with E-state index in [1.165, 1.54) is 10.1 Å². The number of H-pyrrole nitrogens is 1. The highest BCUT2D eigenvalue weighted by Crippen LogP contribution is 2.13. The largest absolute Gasteiger partial charge is 0.348 e. The first kappa shape index (κ1) is 22.0. The van der Waals surface area contributed by atoms with Gasteiger partial charge in [-0.2, -0.15) is 0 Å². The molecule has 3 aromatic rings. The lowest BCUT2D eigenvalue weighted by atomic mass is 10.1.